The summed E-state index contributed by atoms with van der Waals surface area (Å²) in [6.45, 7) is 2.51. The van der Waals surface area contributed by atoms with Crippen molar-refractivity contribution >= 4 is 17.4 Å². The highest BCUT2D eigenvalue weighted by atomic mass is 35.5. The van der Waals surface area contributed by atoms with Gasteiger partial charge in [-0.1, -0.05) is 29.8 Å². The van der Waals surface area contributed by atoms with Crippen LogP contribution in [0.5, 0.6) is 0 Å². The Balaban J connectivity index is 1.88. The lowest BCUT2D eigenvalue weighted by Crippen LogP contribution is -2.47. The first-order valence-corrected chi connectivity index (χ1v) is 7.48. The number of nitriles is 1. The summed E-state index contributed by atoms with van der Waals surface area (Å²) in [4.78, 5) is 12.9. The Hall–Kier alpha value is -2.16. The monoisotopic (exact) mass is 313 g/mol. The summed E-state index contributed by atoms with van der Waals surface area (Å²) >= 11 is 6.35. The third-order valence-corrected chi connectivity index (χ3v) is 4.32. The van der Waals surface area contributed by atoms with Crippen LogP contribution in [-0.2, 0) is 0 Å². The number of likely N-dealkylation sites (N-methyl/N-ethyl adjacent to an activating group) is 1. The van der Waals surface area contributed by atoms with Crippen LogP contribution in [0.1, 0.15) is 17.3 Å². The number of hydrogen-bond donors (Lipinski definition) is 0. The molecule has 1 aromatic heterocycles. The first kappa shape index (κ1) is 14.8. The maximum atomic E-state index is 8.97. The van der Waals surface area contributed by atoms with Crippen LogP contribution in [0.15, 0.2) is 36.7 Å². The van der Waals surface area contributed by atoms with E-state index in [1.54, 1.807) is 6.20 Å². The van der Waals surface area contributed by atoms with E-state index in [2.05, 4.69) is 32.9 Å². The van der Waals surface area contributed by atoms with Gasteiger partial charge in [-0.15, -0.1) is 0 Å². The normalized spacial score (nSPS) is 19.0. The molecule has 5 nitrogen and oxygen atoms in total. The van der Waals surface area contributed by atoms with Crippen molar-refractivity contribution in [1.82, 2.24) is 14.9 Å². The molecule has 2 heterocycles. The Labute approximate surface area is 134 Å². The van der Waals surface area contributed by atoms with Gasteiger partial charge in [-0.25, -0.2) is 4.98 Å². The van der Waals surface area contributed by atoms with Crippen LogP contribution < -0.4 is 4.90 Å². The maximum Gasteiger partial charge on any atom is 0.161 e. The lowest BCUT2D eigenvalue weighted by molar-refractivity contribution is 0.220. The molecule has 1 saturated heterocycles. The number of benzene rings is 1. The minimum Gasteiger partial charge on any atom is -0.352 e. The molecule has 0 aliphatic carbocycles. The lowest BCUT2D eigenvalue weighted by atomic mass is 10.0. The summed E-state index contributed by atoms with van der Waals surface area (Å²) in [5, 5.41) is 9.75. The quantitative estimate of drug-likeness (QED) is 0.852. The van der Waals surface area contributed by atoms with Gasteiger partial charge in [0, 0.05) is 24.7 Å². The first-order chi connectivity index (χ1) is 10.7. The molecule has 1 aliphatic heterocycles. The zero-order chi connectivity index (χ0) is 15.5. The van der Waals surface area contributed by atoms with Crippen LogP contribution in [0.25, 0.3) is 0 Å². The van der Waals surface area contributed by atoms with Crippen molar-refractivity contribution in [2.75, 3.05) is 31.6 Å². The number of rotatable bonds is 2. The van der Waals surface area contributed by atoms with Gasteiger partial charge < -0.3 is 4.90 Å². The van der Waals surface area contributed by atoms with Gasteiger partial charge in [-0.3, -0.25) is 9.88 Å². The number of nitrogens with zero attached hydrogens (tertiary/aromatic N) is 5. The van der Waals surface area contributed by atoms with E-state index < -0.39 is 0 Å². The number of hydrogen-bond acceptors (Lipinski definition) is 5. The minimum atomic E-state index is 0.190. The van der Waals surface area contributed by atoms with Gasteiger partial charge >= 0.3 is 0 Å². The van der Waals surface area contributed by atoms with Crippen molar-refractivity contribution in [2.45, 2.75) is 6.04 Å². The fraction of sp³-hybridized carbons (Fsp3) is 0.312. The number of piperazine rings is 1. The van der Waals surface area contributed by atoms with E-state index in [9.17, 15) is 0 Å². The second-order valence-corrected chi connectivity index (χ2v) is 5.75. The predicted octanol–water partition coefficient (Wildman–Crippen LogP) is 2.49. The van der Waals surface area contributed by atoms with E-state index >= 15 is 0 Å². The third-order valence-electron chi connectivity index (χ3n) is 3.97. The Bertz CT molecular complexity index is 712. The highest BCUT2D eigenvalue weighted by molar-refractivity contribution is 6.31. The van der Waals surface area contributed by atoms with E-state index in [1.807, 2.05) is 24.3 Å². The highest BCUT2D eigenvalue weighted by Gasteiger charge is 2.27. The summed E-state index contributed by atoms with van der Waals surface area (Å²) in [5.74, 6) is 0.740. The molecule has 0 bridgehead atoms. The van der Waals surface area contributed by atoms with Gasteiger partial charge in [0.15, 0.2) is 5.69 Å². The van der Waals surface area contributed by atoms with E-state index in [4.69, 9.17) is 16.9 Å². The summed E-state index contributed by atoms with van der Waals surface area (Å²) in [6.07, 6.45) is 3.18. The minimum absolute atomic E-state index is 0.190. The first-order valence-electron chi connectivity index (χ1n) is 7.11. The molecule has 3 rings (SSSR count). The van der Waals surface area contributed by atoms with Crippen LogP contribution in [0.3, 0.4) is 0 Å². The molecular weight excluding hydrogens is 298 g/mol. The fourth-order valence-electron chi connectivity index (χ4n) is 2.72. The molecule has 1 aliphatic rings. The second kappa shape index (κ2) is 6.30. The Morgan fingerprint density at radius 3 is 2.86 bits per heavy atom. The predicted molar refractivity (Wildman–Crippen MR) is 85.8 cm³/mol. The van der Waals surface area contributed by atoms with Gasteiger partial charge in [0.25, 0.3) is 0 Å². The van der Waals surface area contributed by atoms with Crippen LogP contribution in [0, 0.1) is 11.3 Å². The van der Waals surface area contributed by atoms with E-state index in [-0.39, 0.29) is 6.04 Å². The smallest absolute Gasteiger partial charge is 0.161 e. The Kier molecular flexibility index (Phi) is 4.23. The van der Waals surface area contributed by atoms with Crippen LogP contribution in [0.2, 0.25) is 5.02 Å². The third kappa shape index (κ3) is 2.89. The molecule has 0 unspecified atom stereocenters. The van der Waals surface area contributed by atoms with Gasteiger partial charge in [0.1, 0.15) is 11.9 Å². The molecular formula is C16H16ClN5. The van der Waals surface area contributed by atoms with Gasteiger partial charge in [0.2, 0.25) is 0 Å². The van der Waals surface area contributed by atoms with Gasteiger partial charge in [0.05, 0.1) is 18.4 Å². The molecule has 22 heavy (non-hydrogen) atoms. The molecule has 6 heteroatoms. The number of halogens is 1. The highest BCUT2D eigenvalue weighted by Crippen LogP contribution is 2.30. The fourth-order valence-corrected chi connectivity index (χ4v) is 2.99. The van der Waals surface area contributed by atoms with Crippen molar-refractivity contribution in [3.05, 3.63) is 52.9 Å². The molecule has 0 spiro atoms. The molecule has 2 aromatic rings. The topological polar surface area (TPSA) is 56.0 Å². The van der Waals surface area contributed by atoms with Crippen molar-refractivity contribution in [3.8, 4) is 6.07 Å². The summed E-state index contributed by atoms with van der Waals surface area (Å²) in [7, 11) is 2.10. The number of aromatic nitrogens is 2. The zero-order valence-electron chi connectivity index (χ0n) is 12.3. The molecule has 0 saturated carbocycles. The molecule has 0 N–H and O–H groups in total. The molecule has 112 valence electrons. The van der Waals surface area contributed by atoms with Crippen molar-refractivity contribution < 1.29 is 0 Å². The van der Waals surface area contributed by atoms with Crippen molar-refractivity contribution in [3.63, 3.8) is 0 Å². The summed E-state index contributed by atoms with van der Waals surface area (Å²) < 4.78 is 0. The number of anilines is 1. The van der Waals surface area contributed by atoms with Gasteiger partial charge in [-0.05, 0) is 18.7 Å². The van der Waals surface area contributed by atoms with E-state index in [1.165, 1.54) is 6.20 Å². The Morgan fingerprint density at radius 1 is 1.27 bits per heavy atom. The average Bonchev–Trinajstić information content (AvgIpc) is 2.56. The lowest BCUT2D eigenvalue weighted by Gasteiger charge is -2.40. The molecule has 1 fully saturated rings. The molecule has 0 radical (unpaired) electrons. The summed E-state index contributed by atoms with van der Waals surface area (Å²) in [5.41, 5.74) is 1.45. The maximum absolute atomic E-state index is 8.97. The molecule has 0 amide bonds. The molecule has 1 aromatic carbocycles. The second-order valence-electron chi connectivity index (χ2n) is 5.34. The van der Waals surface area contributed by atoms with Crippen molar-refractivity contribution in [1.29, 1.82) is 5.26 Å². The zero-order valence-corrected chi connectivity index (χ0v) is 13.0. The largest absolute Gasteiger partial charge is 0.352 e. The van der Waals surface area contributed by atoms with Crippen LogP contribution >= 0.6 is 11.6 Å². The van der Waals surface area contributed by atoms with Crippen LogP contribution in [-0.4, -0.2) is 41.5 Å². The van der Waals surface area contributed by atoms with E-state index in [0.29, 0.717) is 5.69 Å². The molecule has 1 atom stereocenters. The van der Waals surface area contributed by atoms with Gasteiger partial charge in [-0.2, -0.15) is 5.26 Å². The standard InChI is InChI=1S/C16H16ClN5/c1-21-6-7-22(16-10-19-9-12(8-18)20-16)11-15(21)13-4-2-3-5-14(13)17/h2-5,9-10,15H,6-7,11H2,1H3/t15-/m1/s1. The van der Waals surface area contributed by atoms with Crippen molar-refractivity contribution in [2.24, 2.45) is 0 Å². The SMILES string of the molecule is CN1CCN(c2cncc(C#N)n2)C[C@@H]1c1ccccc1Cl. The summed E-state index contributed by atoms with van der Waals surface area (Å²) in [6, 6.07) is 10.1. The Morgan fingerprint density at radius 2 is 2.09 bits per heavy atom. The van der Waals surface area contributed by atoms with E-state index in [0.717, 1.165) is 36.0 Å². The average molecular weight is 314 g/mol. The van der Waals surface area contributed by atoms with Crippen LogP contribution in [0.4, 0.5) is 5.82 Å².